The number of anilines is 1. The number of aliphatic hydroxyl groups excluding tert-OH is 1. The molecule has 2 atom stereocenters. The van der Waals surface area contributed by atoms with E-state index in [0.29, 0.717) is 0 Å². The number of rotatable bonds is 4. The second-order valence-electron chi connectivity index (χ2n) is 4.59. The quantitative estimate of drug-likeness (QED) is 0.627. The lowest BCUT2D eigenvalue weighted by Gasteiger charge is -2.19. The summed E-state index contributed by atoms with van der Waals surface area (Å²) in [7, 11) is 0. The molecule has 0 bridgehead atoms. The molecule has 0 aliphatic heterocycles. The molecule has 0 aromatic carbocycles. The van der Waals surface area contributed by atoms with Crippen LogP contribution in [0.1, 0.15) is 24.8 Å². The fourth-order valence-corrected chi connectivity index (χ4v) is 2.39. The summed E-state index contributed by atoms with van der Waals surface area (Å²) >= 11 is 0. The maximum absolute atomic E-state index is 11.0. The Morgan fingerprint density at radius 1 is 1.63 bits per heavy atom. The summed E-state index contributed by atoms with van der Waals surface area (Å²) < 4.78 is 0. The van der Waals surface area contributed by atoms with Gasteiger partial charge in [-0.15, -0.1) is 0 Å². The molecular formula is C12H14N4O3. The van der Waals surface area contributed by atoms with Crippen LogP contribution in [0.2, 0.25) is 0 Å². The highest BCUT2D eigenvalue weighted by Gasteiger charge is 2.29. The summed E-state index contributed by atoms with van der Waals surface area (Å²) in [6.07, 6.45) is 4.04. The molecule has 0 radical (unpaired) electrons. The van der Waals surface area contributed by atoms with Crippen LogP contribution >= 0.6 is 0 Å². The molecule has 0 spiro atoms. The molecular weight excluding hydrogens is 248 g/mol. The Morgan fingerprint density at radius 3 is 3.05 bits per heavy atom. The van der Waals surface area contributed by atoms with Crippen LogP contribution in [-0.2, 0) is 0 Å². The number of aliphatic hydroxyl groups is 1. The lowest BCUT2D eigenvalue weighted by atomic mass is 10.1. The lowest BCUT2D eigenvalue weighted by molar-refractivity contribution is -0.384. The molecule has 0 saturated heterocycles. The molecule has 0 amide bonds. The van der Waals surface area contributed by atoms with Crippen LogP contribution in [-0.4, -0.2) is 27.7 Å². The van der Waals surface area contributed by atoms with Crippen LogP contribution in [0, 0.1) is 27.4 Å². The summed E-state index contributed by atoms with van der Waals surface area (Å²) in [6.45, 7) is 0.0573. The van der Waals surface area contributed by atoms with Crippen molar-refractivity contribution in [1.82, 2.24) is 4.98 Å². The van der Waals surface area contributed by atoms with Gasteiger partial charge in [0.2, 0.25) is 5.82 Å². The van der Waals surface area contributed by atoms with E-state index < -0.39 is 4.92 Å². The number of nitro groups is 1. The normalized spacial score (nSPS) is 21.9. The molecule has 100 valence electrons. The van der Waals surface area contributed by atoms with Gasteiger partial charge in [-0.3, -0.25) is 10.1 Å². The van der Waals surface area contributed by atoms with Gasteiger partial charge in [0.1, 0.15) is 6.07 Å². The van der Waals surface area contributed by atoms with Gasteiger partial charge < -0.3 is 10.4 Å². The van der Waals surface area contributed by atoms with Crippen LogP contribution in [0.25, 0.3) is 0 Å². The van der Waals surface area contributed by atoms with Crippen molar-refractivity contribution in [3.63, 3.8) is 0 Å². The highest BCUT2D eigenvalue weighted by Crippen LogP contribution is 2.31. The van der Waals surface area contributed by atoms with Crippen LogP contribution in [0.3, 0.4) is 0 Å². The first-order valence-corrected chi connectivity index (χ1v) is 6.07. The Balaban J connectivity index is 2.25. The fourth-order valence-electron chi connectivity index (χ4n) is 2.39. The smallest absolute Gasteiger partial charge is 0.312 e. The molecule has 2 rings (SSSR count). The van der Waals surface area contributed by atoms with Crippen molar-refractivity contribution in [3.05, 3.63) is 27.9 Å². The maximum Gasteiger partial charge on any atom is 0.312 e. The minimum Gasteiger partial charge on any atom is -0.396 e. The number of nitriles is 1. The average Bonchev–Trinajstić information content (AvgIpc) is 2.86. The molecule has 7 heteroatoms. The molecule has 1 aliphatic carbocycles. The zero-order valence-corrected chi connectivity index (χ0v) is 10.2. The Kier molecular flexibility index (Phi) is 3.92. The Labute approximate surface area is 110 Å². The molecule has 1 aromatic heterocycles. The minimum absolute atomic E-state index is 0.0101. The molecule has 1 aromatic rings. The minimum atomic E-state index is -0.556. The van der Waals surface area contributed by atoms with Gasteiger partial charge in [-0.1, -0.05) is 6.42 Å². The van der Waals surface area contributed by atoms with Crippen molar-refractivity contribution < 1.29 is 10.0 Å². The lowest BCUT2D eigenvalue weighted by Crippen LogP contribution is -2.27. The van der Waals surface area contributed by atoms with Crippen LogP contribution in [0.4, 0.5) is 11.5 Å². The molecule has 2 unspecified atom stereocenters. The molecule has 1 fully saturated rings. The van der Waals surface area contributed by atoms with Crippen molar-refractivity contribution in [3.8, 4) is 6.07 Å². The van der Waals surface area contributed by atoms with Gasteiger partial charge in [0.25, 0.3) is 0 Å². The number of hydrogen-bond acceptors (Lipinski definition) is 6. The fraction of sp³-hybridized carbons (Fsp3) is 0.500. The Bertz CT molecular complexity index is 526. The van der Waals surface area contributed by atoms with E-state index in [1.54, 1.807) is 0 Å². The number of hydrogen-bond donors (Lipinski definition) is 2. The zero-order chi connectivity index (χ0) is 13.8. The first-order chi connectivity index (χ1) is 9.15. The summed E-state index contributed by atoms with van der Waals surface area (Å²) in [5, 5.41) is 32.0. The van der Waals surface area contributed by atoms with Gasteiger partial charge in [0.15, 0.2) is 0 Å². The Morgan fingerprint density at radius 2 is 2.42 bits per heavy atom. The summed E-state index contributed by atoms with van der Waals surface area (Å²) in [5.41, 5.74) is -0.0509. The van der Waals surface area contributed by atoms with E-state index in [4.69, 9.17) is 5.26 Å². The number of nitrogens with one attached hydrogen (secondary N) is 1. The zero-order valence-electron chi connectivity index (χ0n) is 10.2. The first-order valence-electron chi connectivity index (χ1n) is 6.07. The molecule has 2 N–H and O–H groups in total. The van der Waals surface area contributed by atoms with Crippen LogP contribution < -0.4 is 5.32 Å². The van der Waals surface area contributed by atoms with E-state index in [1.165, 1.54) is 12.3 Å². The van der Waals surface area contributed by atoms with Crippen LogP contribution in [0.15, 0.2) is 12.3 Å². The van der Waals surface area contributed by atoms with E-state index in [-0.39, 0.29) is 35.6 Å². The van der Waals surface area contributed by atoms with Crippen molar-refractivity contribution >= 4 is 11.5 Å². The standard InChI is InChI=1S/C12H14N4O3/c13-5-8-4-11(16(18)19)12(14-6-8)15-10-3-1-2-9(10)7-17/h4,6,9-10,17H,1-3,7H2,(H,14,15). The van der Waals surface area contributed by atoms with E-state index in [2.05, 4.69) is 10.3 Å². The highest BCUT2D eigenvalue weighted by atomic mass is 16.6. The summed E-state index contributed by atoms with van der Waals surface area (Å²) in [5.74, 6) is 0.256. The first kappa shape index (κ1) is 13.2. The van der Waals surface area contributed by atoms with Gasteiger partial charge in [0, 0.05) is 30.8 Å². The van der Waals surface area contributed by atoms with Gasteiger partial charge in [-0.25, -0.2) is 4.98 Å². The molecule has 1 heterocycles. The SMILES string of the molecule is N#Cc1cnc(NC2CCCC2CO)c([N+](=O)[O-])c1. The van der Waals surface area contributed by atoms with E-state index in [0.717, 1.165) is 19.3 Å². The molecule has 1 saturated carbocycles. The van der Waals surface area contributed by atoms with Gasteiger partial charge in [0.05, 0.1) is 10.5 Å². The number of nitrogens with zero attached hydrogens (tertiary/aromatic N) is 3. The topological polar surface area (TPSA) is 112 Å². The molecule has 1 aliphatic rings. The Hall–Kier alpha value is -2.20. The predicted octanol–water partition coefficient (Wildman–Crippen LogP) is 1.43. The average molecular weight is 262 g/mol. The largest absolute Gasteiger partial charge is 0.396 e. The van der Waals surface area contributed by atoms with Crippen molar-refractivity contribution in [2.24, 2.45) is 5.92 Å². The second kappa shape index (κ2) is 5.63. The highest BCUT2D eigenvalue weighted by molar-refractivity contribution is 5.58. The summed E-state index contributed by atoms with van der Waals surface area (Å²) in [6, 6.07) is 3.02. The van der Waals surface area contributed by atoms with Gasteiger partial charge in [-0.05, 0) is 12.8 Å². The predicted molar refractivity (Wildman–Crippen MR) is 67.4 cm³/mol. The third-order valence-corrected chi connectivity index (χ3v) is 3.41. The number of aromatic nitrogens is 1. The second-order valence-corrected chi connectivity index (χ2v) is 4.59. The maximum atomic E-state index is 11.0. The van der Waals surface area contributed by atoms with E-state index in [9.17, 15) is 15.2 Å². The van der Waals surface area contributed by atoms with Gasteiger partial charge in [-0.2, -0.15) is 5.26 Å². The van der Waals surface area contributed by atoms with Crippen LogP contribution in [0.5, 0.6) is 0 Å². The van der Waals surface area contributed by atoms with Crippen molar-refractivity contribution in [1.29, 1.82) is 5.26 Å². The third kappa shape index (κ3) is 2.80. The molecule has 7 nitrogen and oxygen atoms in total. The van der Waals surface area contributed by atoms with Crippen molar-refractivity contribution in [2.75, 3.05) is 11.9 Å². The monoisotopic (exact) mass is 262 g/mol. The van der Waals surface area contributed by atoms with Crippen molar-refractivity contribution in [2.45, 2.75) is 25.3 Å². The van der Waals surface area contributed by atoms with E-state index >= 15 is 0 Å². The van der Waals surface area contributed by atoms with Gasteiger partial charge >= 0.3 is 5.69 Å². The summed E-state index contributed by atoms with van der Waals surface area (Å²) in [4.78, 5) is 14.4. The number of pyridine rings is 1. The van der Waals surface area contributed by atoms with E-state index in [1.807, 2.05) is 6.07 Å². The third-order valence-electron chi connectivity index (χ3n) is 3.41. The molecule has 19 heavy (non-hydrogen) atoms.